The van der Waals surface area contributed by atoms with Crippen LogP contribution in [0.5, 0.6) is 0 Å². The molecule has 0 heterocycles. The van der Waals surface area contributed by atoms with Gasteiger partial charge >= 0.3 is 0 Å². The van der Waals surface area contributed by atoms with E-state index in [0.717, 1.165) is 0 Å². The van der Waals surface area contributed by atoms with Gasteiger partial charge in [-0.15, -0.1) is 0 Å². The summed E-state index contributed by atoms with van der Waals surface area (Å²) < 4.78 is 13.0. The number of alkyl halides is 1. The highest BCUT2D eigenvalue weighted by Gasteiger charge is 2.20. The van der Waals surface area contributed by atoms with Crippen LogP contribution < -0.4 is 0 Å². The summed E-state index contributed by atoms with van der Waals surface area (Å²) in [7, 11) is 0. The molecule has 0 aromatic carbocycles. The highest BCUT2D eigenvalue weighted by Crippen LogP contribution is 2.22. The zero-order valence-electron chi connectivity index (χ0n) is 5.18. The zero-order valence-corrected chi connectivity index (χ0v) is 5.18. The van der Waals surface area contributed by atoms with Crippen molar-refractivity contribution in [2.45, 2.75) is 12.1 Å². The Labute approximate surface area is 54.4 Å². The van der Waals surface area contributed by atoms with Gasteiger partial charge < -0.3 is 0 Å². The third kappa shape index (κ3) is 1.28. The second-order valence-electron chi connectivity index (χ2n) is 2.12. The number of allylic oxidation sites excluding steroid dienone is 5. The van der Waals surface area contributed by atoms with Crippen LogP contribution in [0, 0.1) is 0 Å². The minimum Gasteiger partial charge on any atom is -0.234 e. The van der Waals surface area contributed by atoms with E-state index in [0.29, 0.717) is 6.42 Å². The average Bonchev–Trinajstić information content (AvgIpc) is 1.90. The van der Waals surface area contributed by atoms with E-state index in [4.69, 9.17) is 0 Å². The van der Waals surface area contributed by atoms with Gasteiger partial charge in [0.2, 0.25) is 0 Å². The Morgan fingerprint density at radius 1 is 1.56 bits per heavy atom. The summed E-state index contributed by atoms with van der Waals surface area (Å²) in [5.41, 5.74) is -1.28. The Bertz CT molecular complexity index is 167. The Morgan fingerprint density at radius 2 is 2.33 bits per heavy atom. The van der Waals surface area contributed by atoms with Crippen LogP contribution in [0.3, 0.4) is 0 Å². The maximum Gasteiger partial charge on any atom is 0.150 e. The molecule has 1 unspecified atom stereocenters. The first-order valence-corrected chi connectivity index (χ1v) is 2.94. The summed E-state index contributed by atoms with van der Waals surface area (Å²) >= 11 is 0. The molecule has 1 aliphatic carbocycles. The van der Waals surface area contributed by atoms with Crippen molar-refractivity contribution in [1.29, 1.82) is 0 Å². The molecule has 0 bridgehead atoms. The second-order valence-corrected chi connectivity index (χ2v) is 2.12. The van der Waals surface area contributed by atoms with Gasteiger partial charge in [-0.3, -0.25) is 0 Å². The van der Waals surface area contributed by atoms with E-state index in [2.05, 4.69) is 6.58 Å². The molecule has 0 aromatic rings. The normalized spacial score (nSPS) is 32.6. The van der Waals surface area contributed by atoms with Crippen molar-refractivity contribution < 1.29 is 4.39 Å². The van der Waals surface area contributed by atoms with Gasteiger partial charge in [-0.1, -0.05) is 30.9 Å². The molecule has 0 aromatic heterocycles. The summed E-state index contributed by atoms with van der Waals surface area (Å²) in [6.07, 6.45) is 8.59. The Morgan fingerprint density at radius 3 is 2.67 bits per heavy atom. The summed E-state index contributed by atoms with van der Waals surface area (Å²) in [4.78, 5) is 0. The lowest BCUT2D eigenvalue weighted by Gasteiger charge is -2.15. The predicted molar refractivity (Wildman–Crippen MR) is 36.9 cm³/mol. The van der Waals surface area contributed by atoms with Gasteiger partial charge in [-0.25, -0.2) is 4.39 Å². The van der Waals surface area contributed by atoms with Crippen molar-refractivity contribution in [1.82, 2.24) is 0 Å². The minimum absolute atomic E-state index is 0.424. The van der Waals surface area contributed by atoms with Gasteiger partial charge in [0.25, 0.3) is 0 Å². The SMILES string of the molecule is C=CC1(F)C=CC=CC1. The lowest BCUT2D eigenvalue weighted by molar-refractivity contribution is 0.300. The molecule has 1 atom stereocenters. The largest absolute Gasteiger partial charge is 0.234 e. The smallest absolute Gasteiger partial charge is 0.150 e. The first kappa shape index (κ1) is 6.27. The molecular formula is C8H9F. The van der Waals surface area contributed by atoms with Crippen LogP contribution in [0.4, 0.5) is 4.39 Å². The molecule has 0 aliphatic heterocycles. The van der Waals surface area contributed by atoms with Crippen molar-refractivity contribution in [3.8, 4) is 0 Å². The number of halogens is 1. The third-order valence-electron chi connectivity index (χ3n) is 1.39. The molecule has 0 fully saturated rings. The van der Waals surface area contributed by atoms with Gasteiger partial charge in [-0.05, 0) is 6.08 Å². The van der Waals surface area contributed by atoms with E-state index in [1.807, 2.05) is 6.08 Å². The molecule has 9 heavy (non-hydrogen) atoms. The molecule has 0 nitrogen and oxygen atoms in total. The summed E-state index contributed by atoms with van der Waals surface area (Å²) in [6, 6.07) is 0. The fourth-order valence-electron chi connectivity index (χ4n) is 0.762. The molecule has 0 saturated carbocycles. The van der Waals surface area contributed by atoms with Crippen molar-refractivity contribution in [3.05, 3.63) is 37.0 Å². The first-order valence-electron chi connectivity index (χ1n) is 2.94. The predicted octanol–water partition coefficient (Wildman–Crippen LogP) is 2.40. The molecule has 0 N–H and O–H groups in total. The van der Waals surface area contributed by atoms with Gasteiger partial charge in [0.15, 0.2) is 5.67 Å². The second kappa shape index (κ2) is 2.18. The maximum atomic E-state index is 13.0. The molecule has 0 radical (unpaired) electrons. The standard InChI is InChI=1S/C8H9F/c1-2-8(9)6-4-3-5-7-8/h2-6H,1,7H2. The maximum absolute atomic E-state index is 13.0. The van der Waals surface area contributed by atoms with Crippen LogP contribution in [0.25, 0.3) is 0 Å². The highest BCUT2D eigenvalue weighted by atomic mass is 19.1. The van der Waals surface area contributed by atoms with Crippen LogP contribution in [0.15, 0.2) is 37.0 Å². The van der Waals surface area contributed by atoms with Gasteiger partial charge in [0.05, 0.1) is 0 Å². The van der Waals surface area contributed by atoms with Crippen molar-refractivity contribution in [2.24, 2.45) is 0 Å². The average molecular weight is 124 g/mol. The number of hydrogen-bond acceptors (Lipinski definition) is 0. The lowest BCUT2D eigenvalue weighted by Crippen LogP contribution is -2.15. The number of rotatable bonds is 1. The lowest BCUT2D eigenvalue weighted by atomic mass is 9.98. The molecule has 48 valence electrons. The van der Waals surface area contributed by atoms with Crippen LogP contribution >= 0.6 is 0 Å². The monoisotopic (exact) mass is 124 g/mol. The van der Waals surface area contributed by atoms with Crippen molar-refractivity contribution >= 4 is 0 Å². The van der Waals surface area contributed by atoms with E-state index in [-0.39, 0.29) is 0 Å². The van der Waals surface area contributed by atoms with E-state index in [9.17, 15) is 4.39 Å². The van der Waals surface area contributed by atoms with E-state index in [1.54, 1.807) is 12.2 Å². The molecule has 1 aliphatic rings. The van der Waals surface area contributed by atoms with Crippen molar-refractivity contribution in [2.75, 3.05) is 0 Å². The zero-order chi connectivity index (χ0) is 6.74. The minimum atomic E-state index is -1.28. The topological polar surface area (TPSA) is 0 Å². The van der Waals surface area contributed by atoms with E-state index < -0.39 is 5.67 Å². The van der Waals surface area contributed by atoms with Crippen LogP contribution in [-0.4, -0.2) is 5.67 Å². The van der Waals surface area contributed by atoms with Crippen LogP contribution in [0.2, 0.25) is 0 Å². The van der Waals surface area contributed by atoms with Gasteiger partial charge in [-0.2, -0.15) is 0 Å². The third-order valence-corrected chi connectivity index (χ3v) is 1.39. The summed E-state index contributed by atoms with van der Waals surface area (Å²) in [5.74, 6) is 0. The van der Waals surface area contributed by atoms with Gasteiger partial charge in [0, 0.05) is 6.42 Å². The molecule has 0 amide bonds. The summed E-state index contributed by atoms with van der Waals surface area (Å²) in [5, 5.41) is 0. The Kier molecular flexibility index (Phi) is 1.52. The Hall–Kier alpha value is -0.850. The van der Waals surface area contributed by atoms with E-state index in [1.165, 1.54) is 12.2 Å². The molecule has 1 heteroatoms. The molecule has 0 spiro atoms. The molecule has 0 saturated heterocycles. The highest BCUT2D eigenvalue weighted by molar-refractivity contribution is 5.23. The Balaban J connectivity index is 2.73. The molecular weight excluding hydrogens is 115 g/mol. The van der Waals surface area contributed by atoms with Crippen molar-refractivity contribution in [3.63, 3.8) is 0 Å². The quantitative estimate of drug-likeness (QED) is 0.471. The van der Waals surface area contributed by atoms with Gasteiger partial charge in [0.1, 0.15) is 0 Å². The van der Waals surface area contributed by atoms with E-state index >= 15 is 0 Å². The number of hydrogen-bond donors (Lipinski definition) is 0. The summed E-state index contributed by atoms with van der Waals surface area (Å²) in [6.45, 7) is 3.40. The van der Waals surface area contributed by atoms with Crippen LogP contribution in [0.1, 0.15) is 6.42 Å². The fourth-order valence-corrected chi connectivity index (χ4v) is 0.762. The van der Waals surface area contributed by atoms with Crippen LogP contribution in [-0.2, 0) is 0 Å². The fraction of sp³-hybridized carbons (Fsp3) is 0.250. The molecule has 1 rings (SSSR count). The first-order chi connectivity index (χ1) is 4.27.